The van der Waals surface area contributed by atoms with Gasteiger partial charge in [-0.05, 0) is 54.1 Å². The van der Waals surface area contributed by atoms with Crippen LogP contribution in [0.3, 0.4) is 0 Å². The Balaban J connectivity index is 1.86. The second-order valence-electron chi connectivity index (χ2n) is 7.13. The van der Waals surface area contributed by atoms with E-state index >= 15 is 0 Å². The van der Waals surface area contributed by atoms with E-state index < -0.39 is 29.0 Å². The number of hydrogen-bond donors (Lipinski definition) is 0. The largest absolute Gasteiger partial charge is 0.416 e. The first-order valence-corrected chi connectivity index (χ1v) is 9.59. The maximum Gasteiger partial charge on any atom is 0.416 e. The highest BCUT2D eigenvalue weighted by atomic mass is 19.4. The van der Waals surface area contributed by atoms with E-state index in [2.05, 4.69) is 4.98 Å². The highest BCUT2D eigenvalue weighted by Crippen LogP contribution is 2.31. The third-order valence-corrected chi connectivity index (χ3v) is 4.90. The fraction of sp³-hybridized carbons (Fsp3) is 0.0833. The lowest BCUT2D eigenvalue weighted by Crippen LogP contribution is -2.22. The number of para-hydroxylation sites is 1. The number of hydrogen-bond acceptors (Lipinski definition) is 2. The molecule has 0 fully saturated rings. The molecule has 0 aliphatic heterocycles. The van der Waals surface area contributed by atoms with E-state index in [-0.39, 0.29) is 16.9 Å². The average molecular weight is 460 g/mol. The van der Waals surface area contributed by atoms with Gasteiger partial charge in [0, 0.05) is 0 Å². The van der Waals surface area contributed by atoms with Crippen LogP contribution in [0.15, 0.2) is 77.6 Å². The molecule has 4 aromatic rings. The summed E-state index contributed by atoms with van der Waals surface area (Å²) in [7, 11) is 0. The van der Waals surface area contributed by atoms with Crippen LogP contribution in [0.1, 0.15) is 22.5 Å². The number of benzene rings is 3. The van der Waals surface area contributed by atoms with Crippen LogP contribution in [0.2, 0.25) is 0 Å². The van der Waals surface area contributed by atoms with Crippen molar-refractivity contribution in [2.75, 3.05) is 0 Å². The predicted octanol–water partition coefficient (Wildman–Crippen LogP) is 6.59. The zero-order valence-corrected chi connectivity index (χ0v) is 16.7. The van der Waals surface area contributed by atoms with Crippen molar-refractivity contribution in [2.24, 2.45) is 0 Å². The van der Waals surface area contributed by atoms with Crippen LogP contribution >= 0.6 is 0 Å². The van der Waals surface area contributed by atoms with Gasteiger partial charge in [-0.15, -0.1) is 0 Å². The topological polar surface area (TPSA) is 34.9 Å². The molecule has 0 bridgehead atoms. The fourth-order valence-corrected chi connectivity index (χ4v) is 3.29. The molecule has 0 radical (unpaired) electrons. The van der Waals surface area contributed by atoms with E-state index in [1.165, 1.54) is 42.5 Å². The molecule has 168 valence electrons. The number of nitrogens with zero attached hydrogens (tertiary/aromatic N) is 2. The van der Waals surface area contributed by atoms with E-state index in [1.807, 2.05) is 0 Å². The number of fused-ring (bicyclic) bond motifs is 1. The molecule has 0 aliphatic carbocycles. The molecule has 0 aliphatic rings. The number of rotatable bonds is 3. The number of alkyl halides is 6. The van der Waals surface area contributed by atoms with Gasteiger partial charge in [-0.1, -0.05) is 36.4 Å². The van der Waals surface area contributed by atoms with Gasteiger partial charge in [0.05, 0.1) is 27.7 Å². The van der Waals surface area contributed by atoms with Gasteiger partial charge in [-0.25, -0.2) is 4.98 Å². The predicted molar refractivity (Wildman–Crippen MR) is 113 cm³/mol. The smallest absolute Gasteiger partial charge is 0.268 e. The van der Waals surface area contributed by atoms with E-state index in [0.717, 1.165) is 28.8 Å². The quantitative estimate of drug-likeness (QED) is 0.323. The molecule has 0 unspecified atom stereocenters. The van der Waals surface area contributed by atoms with Gasteiger partial charge in [-0.3, -0.25) is 9.36 Å². The molecular weight excluding hydrogens is 446 g/mol. The van der Waals surface area contributed by atoms with Crippen LogP contribution in [0.5, 0.6) is 0 Å². The SMILES string of the molecule is O=c1c2ccccc2nc(/C=C/c2ccc(C(F)(F)F)cc2)n1-c1cccc(C(F)(F)F)c1. The highest BCUT2D eigenvalue weighted by Gasteiger charge is 2.31. The summed E-state index contributed by atoms with van der Waals surface area (Å²) >= 11 is 0. The Bertz CT molecular complexity index is 1400. The Labute approximate surface area is 183 Å². The van der Waals surface area contributed by atoms with Gasteiger partial charge in [0.1, 0.15) is 5.82 Å². The summed E-state index contributed by atoms with van der Waals surface area (Å²) in [6.45, 7) is 0. The molecular formula is C24H14F6N2O. The summed E-state index contributed by atoms with van der Waals surface area (Å²) in [5, 5.41) is 0.210. The second-order valence-corrected chi connectivity index (χ2v) is 7.13. The Morgan fingerprint density at radius 2 is 1.39 bits per heavy atom. The van der Waals surface area contributed by atoms with E-state index in [4.69, 9.17) is 0 Å². The van der Waals surface area contributed by atoms with Crippen LogP contribution in [0.4, 0.5) is 26.3 Å². The fourth-order valence-electron chi connectivity index (χ4n) is 3.29. The summed E-state index contributed by atoms with van der Waals surface area (Å²) < 4.78 is 79.0. The lowest BCUT2D eigenvalue weighted by atomic mass is 10.1. The monoisotopic (exact) mass is 460 g/mol. The van der Waals surface area contributed by atoms with Crippen LogP contribution in [0, 0.1) is 0 Å². The molecule has 1 heterocycles. The Kier molecular flexibility index (Phi) is 5.57. The average Bonchev–Trinajstić information content (AvgIpc) is 2.77. The lowest BCUT2D eigenvalue weighted by Gasteiger charge is -2.14. The molecule has 4 rings (SSSR count). The Hall–Kier alpha value is -3.88. The summed E-state index contributed by atoms with van der Waals surface area (Å²) in [6.07, 6.45) is -6.29. The standard InChI is InChI=1S/C24H14F6N2O/c25-23(26,27)16-11-8-15(9-12-16)10-13-21-31-20-7-2-1-6-19(20)22(33)32(21)18-5-3-4-17(14-18)24(28,29)30/h1-14H/b13-10+. The minimum atomic E-state index is -4.61. The zero-order chi connectivity index (χ0) is 23.8. The Morgan fingerprint density at radius 3 is 2.06 bits per heavy atom. The molecule has 9 heteroatoms. The second kappa shape index (κ2) is 8.23. The molecule has 3 aromatic carbocycles. The Morgan fingerprint density at radius 1 is 0.727 bits per heavy atom. The van der Waals surface area contributed by atoms with Crippen LogP contribution < -0.4 is 5.56 Å². The van der Waals surface area contributed by atoms with Gasteiger partial charge >= 0.3 is 12.4 Å². The summed E-state index contributed by atoms with van der Waals surface area (Å²) in [5.41, 5.74) is -1.65. The van der Waals surface area contributed by atoms with Crippen molar-refractivity contribution in [1.82, 2.24) is 9.55 Å². The van der Waals surface area contributed by atoms with E-state index in [9.17, 15) is 31.1 Å². The van der Waals surface area contributed by atoms with Crippen LogP contribution in [-0.4, -0.2) is 9.55 Å². The number of aromatic nitrogens is 2. The van der Waals surface area contributed by atoms with Crippen LogP contribution in [-0.2, 0) is 12.4 Å². The molecule has 0 atom stereocenters. The molecule has 0 amide bonds. The summed E-state index contributed by atoms with van der Waals surface area (Å²) in [6, 6.07) is 14.9. The highest BCUT2D eigenvalue weighted by molar-refractivity contribution is 5.80. The first-order valence-electron chi connectivity index (χ1n) is 9.59. The molecule has 0 saturated heterocycles. The maximum absolute atomic E-state index is 13.2. The molecule has 3 nitrogen and oxygen atoms in total. The third kappa shape index (κ3) is 4.67. The molecule has 0 N–H and O–H groups in total. The van der Waals surface area contributed by atoms with Crippen molar-refractivity contribution >= 4 is 23.1 Å². The molecule has 33 heavy (non-hydrogen) atoms. The van der Waals surface area contributed by atoms with Crippen molar-refractivity contribution < 1.29 is 26.3 Å². The van der Waals surface area contributed by atoms with Crippen LogP contribution in [0.25, 0.3) is 28.7 Å². The van der Waals surface area contributed by atoms with Crippen molar-refractivity contribution in [1.29, 1.82) is 0 Å². The lowest BCUT2D eigenvalue weighted by molar-refractivity contribution is -0.138. The number of halogens is 6. The zero-order valence-electron chi connectivity index (χ0n) is 16.7. The van der Waals surface area contributed by atoms with E-state index in [0.29, 0.717) is 11.1 Å². The van der Waals surface area contributed by atoms with Gasteiger partial charge in [-0.2, -0.15) is 26.3 Å². The summed E-state index contributed by atoms with van der Waals surface area (Å²) in [5.74, 6) is 0.0259. The van der Waals surface area contributed by atoms with Gasteiger partial charge in [0.2, 0.25) is 0 Å². The molecule has 0 saturated carbocycles. The maximum atomic E-state index is 13.2. The first-order chi connectivity index (χ1) is 15.5. The summed E-state index contributed by atoms with van der Waals surface area (Å²) in [4.78, 5) is 17.6. The minimum absolute atomic E-state index is 0.0259. The minimum Gasteiger partial charge on any atom is -0.268 e. The molecule has 1 aromatic heterocycles. The van der Waals surface area contributed by atoms with Crippen molar-refractivity contribution in [3.63, 3.8) is 0 Å². The third-order valence-electron chi connectivity index (χ3n) is 4.90. The van der Waals surface area contributed by atoms with Gasteiger partial charge < -0.3 is 0 Å². The molecule has 0 spiro atoms. The van der Waals surface area contributed by atoms with Gasteiger partial charge in [0.15, 0.2) is 0 Å². The normalized spacial score (nSPS) is 12.5. The van der Waals surface area contributed by atoms with E-state index in [1.54, 1.807) is 18.2 Å². The van der Waals surface area contributed by atoms with Crippen molar-refractivity contribution in [2.45, 2.75) is 12.4 Å². The first kappa shape index (κ1) is 22.3. The van der Waals surface area contributed by atoms with Crippen molar-refractivity contribution in [3.8, 4) is 5.69 Å². The van der Waals surface area contributed by atoms with Crippen molar-refractivity contribution in [3.05, 3.63) is 106 Å². The van der Waals surface area contributed by atoms with Gasteiger partial charge in [0.25, 0.3) is 5.56 Å².